The zero-order valence-electron chi connectivity index (χ0n) is 11.8. The van der Waals surface area contributed by atoms with Gasteiger partial charge in [-0.3, -0.25) is 4.98 Å². The number of rotatable bonds is 7. The van der Waals surface area contributed by atoms with Crippen molar-refractivity contribution in [2.24, 2.45) is 0 Å². The number of carboxylic acids is 1. The van der Waals surface area contributed by atoms with E-state index in [4.69, 9.17) is 9.84 Å². The molecule has 0 aliphatic heterocycles. The minimum atomic E-state index is -0.955. The summed E-state index contributed by atoms with van der Waals surface area (Å²) in [5.74, 6) is -0.394. The van der Waals surface area contributed by atoms with Crippen LogP contribution < -0.4 is 10.1 Å². The van der Waals surface area contributed by atoms with Gasteiger partial charge >= 0.3 is 5.97 Å². The van der Waals surface area contributed by atoms with Crippen molar-refractivity contribution < 1.29 is 14.6 Å². The average molecular weight is 286 g/mol. The topological polar surface area (TPSA) is 71.5 Å². The summed E-state index contributed by atoms with van der Waals surface area (Å²) in [6, 6.07) is 10.6. The van der Waals surface area contributed by atoms with Gasteiger partial charge in [-0.2, -0.15) is 0 Å². The maximum atomic E-state index is 10.9. The fourth-order valence-corrected chi connectivity index (χ4v) is 1.91. The van der Waals surface area contributed by atoms with E-state index >= 15 is 0 Å². The number of hydrogen-bond donors (Lipinski definition) is 2. The lowest BCUT2D eigenvalue weighted by atomic mass is 10.1. The average Bonchev–Trinajstić information content (AvgIpc) is 2.52. The van der Waals surface area contributed by atoms with Gasteiger partial charge in [-0.05, 0) is 36.8 Å². The van der Waals surface area contributed by atoms with E-state index in [0.717, 1.165) is 5.56 Å². The molecule has 5 nitrogen and oxygen atoms in total. The Morgan fingerprint density at radius 1 is 1.38 bits per heavy atom. The van der Waals surface area contributed by atoms with Crippen LogP contribution in [0.4, 0.5) is 0 Å². The number of nitrogens with zero attached hydrogens (tertiary/aromatic N) is 1. The van der Waals surface area contributed by atoms with Crippen LogP contribution in [0.5, 0.6) is 5.75 Å². The number of hydrogen-bond acceptors (Lipinski definition) is 4. The first-order valence-corrected chi connectivity index (χ1v) is 6.76. The molecule has 5 heteroatoms. The summed E-state index contributed by atoms with van der Waals surface area (Å²) in [5.41, 5.74) is 1.34. The lowest BCUT2D eigenvalue weighted by molar-refractivity contribution is 0.0696. The van der Waals surface area contributed by atoms with Gasteiger partial charge in [0.05, 0.1) is 5.56 Å². The smallest absolute Gasteiger partial charge is 0.335 e. The number of aromatic nitrogens is 1. The van der Waals surface area contributed by atoms with Crippen molar-refractivity contribution in [3.63, 3.8) is 0 Å². The fourth-order valence-electron chi connectivity index (χ4n) is 1.91. The number of pyridine rings is 1. The van der Waals surface area contributed by atoms with Crippen LogP contribution in [0.1, 0.15) is 28.9 Å². The summed E-state index contributed by atoms with van der Waals surface area (Å²) >= 11 is 0. The Morgan fingerprint density at radius 3 is 2.95 bits per heavy atom. The van der Waals surface area contributed by atoms with Crippen molar-refractivity contribution in [3.05, 3.63) is 59.9 Å². The second-order valence-electron chi connectivity index (χ2n) is 4.64. The van der Waals surface area contributed by atoms with E-state index in [0.29, 0.717) is 18.9 Å². The van der Waals surface area contributed by atoms with Crippen LogP contribution in [0.2, 0.25) is 0 Å². The Labute approximate surface area is 123 Å². The van der Waals surface area contributed by atoms with Crippen LogP contribution in [-0.4, -0.2) is 29.2 Å². The van der Waals surface area contributed by atoms with E-state index < -0.39 is 5.97 Å². The molecule has 1 atom stereocenters. The van der Waals surface area contributed by atoms with Crippen LogP contribution >= 0.6 is 0 Å². The third-order valence-corrected chi connectivity index (χ3v) is 3.09. The standard InChI is InChI=1S/C16H18N2O3/c1-12(14-5-3-7-17-11-14)18-8-9-21-15-6-2-4-13(10-15)16(19)20/h2-7,10-12,18H,8-9H2,1H3,(H,19,20)/t12-/m1/s1. The second kappa shape index (κ2) is 7.40. The largest absolute Gasteiger partial charge is 0.492 e. The van der Waals surface area contributed by atoms with Crippen molar-refractivity contribution in [2.45, 2.75) is 13.0 Å². The van der Waals surface area contributed by atoms with Gasteiger partial charge < -0.3 is 15.2 Å². The Balaban J connectivity index is 1.77. The van der Waals surface area contributed by atoms with E-state index in [1.807, 2.05) is 18.3 Å². The molecule has 1 heterocycles. The molecule has 110 valence electrons. The Kier molecular flexibility index (Phi) is 5.29. The molecule has 2 rings (SSSR count). The van der Waals surface area contributed by atoms with Crippen molar-refractivity contribution >= 4 is 5.97 Å². The highest BCUT2D eigenvalue weighted by Crippen LogP contribution is 2.13. The summed E-state index contributed by atoms with van der Waals surface area (Å²) in [6.07, 6.45) is 3.57. The summed E-state index contributed by atoms with van der Waals surface area (Å²) in [5, 5.41) is 12.2. The van der Waals surface area contributed by atoms with Crippen LogP contribution in [0.3, 0.4) is 0 Å². The molecule has 0 aliphatic rings. The summed E-state index contributed by atoms with van der Waals surface area (Å²) in [7, 11) is 0. The van der Waals surface area contributed by atoms with Gasteiger partial charge in [0.15, 0.2) is 0 Å². The molecule has 0 radical (unpaired) electrons. The molecule has 21 heavy (non-hydrogen) atoms. The Morgan fingerprint density at radius 2 is 2.24 bits per heavy atom. The highest BCUT2D eigenvalue weighted by molar-refractivity contribution is 5.87. The van der Waals surface area contributed by atoms with Gasteiger partial charge in [0.2, 0.25) is 0 Å². The summed E-state index contributed by atoms with van der Waals surface area (Å²) in [6.45, 7) is 3.18. The molecule has 0 fully saturated rings. The van der Waals surface area contributed by atoms with Gasteiger partial charge in [0.25, 0.3) is 0 Å². The first-order valence-electron chi connectivity index (χ1n) is 6.76. The van der Waals surface area contributed by atoms with Crippen molar-refractivity contribution in [3.8, 4) is 5.75 Å². The number of aromatic carboxylic acids is 1. The molecule has 0 saturated carbocycles. The van der Waals surface area contributed by atoms with Gasteiger partial charge in [-0.1, -0.05) is 12.1 Å². The number of carboxylic acid groups (broad SMARTS) is 1. The molecule has 0 bridgehead atoms. The minimum absolute atomic E-state index is 0.188. The normalized spacial score (nSPS) is 11.9. The SMILES string of the molecule is C[C@@H](NCCOc1cccc(C(=O)O)c1)c1cccnc1. The molecule has 0 spiro atoms. The molecule has 2 N–H and O–H groups in total. The predicted molar refractivity (Wildman–Crippen MR) is 79.6 cm³/mol. The number of carbonyl (C=O) groups is 1. The Bertz CT molecular complexity index is 587. The minimum Gasteiger partial charge on any atom is -0.492 e. The van der Waals surface area contributed by atoms with E-state index in [1.165, 1.54) is 12.1 Å². The summed E-state index contributed by atoms with van der Waals surface area (Å²) < 4.78 is 5.54. The maximum absolute atomic E-state index is 10.9. The Hall–Kier alpha value is -2.40. The highest BCUT2D eigenvalue weighted by Gasteiger charge is 2.05. The van der Waals surface area contributed by atoms with Crippen LogP contribution in [0.15, 0.2) is 48.8 Å². The number of nitrogens with one attached hydrogen (secondary N) is 1. The number of benzene rings is 1. The molecular weight excluding hydrogens is 268 g/mol. The first-order chi connectivity index (χ1) is 10.2. The predicted octanol–water partition coefficient (Wildman–Crippen LogP) is 2.51. The lowest BCUT2D eigenvalue weighted by Crippen LogP contribution is -2.24. The van der Waals surface area contributed by atoms with Crippen molar-refractivity contribution in [1.82, 2.24) is 10.3 Å². The first kappa shape index (κ1) is 15.0. The van der Waals surface area contributed by atoms with E-state index in [2.05, 4.69) is 17.2 Å². The highest BCUT2D eigenvalue weighted by atomic mass is 16.5. The van der Waals surface area contributed by atoms with E-state index in [1.54, 1.807) is 18.3 Å². The summed E-state index contributed by atoms with van der Waals surface area (Å²) in [4.78, 5) is 14.9. The van der Waals surface area contributed by atoms with E-state index in [-0.39, 0.29) is 11.6 Å². The fraction of sp³-hybridized carbons (Fsp3) is 0.250. The van der Waals surface area contributed by atoms with Crippen molar-refractivity contribution in [2.75, 3.05) is 13.2 Å². The molecule has 1 aromatic heterocycles. The van der Waals surface area contributed by atoms with Crippen LogP contribution in [0, 0.1) is 0 Å². The van der Waals surface area contributed by atoms with Gasteiger partial charge in [-0.15, -0.1) is 0 Å². The molecule has 0 amide bonds. The second-order valence-corrected chi connectivity index (χ2v) is 4.64. The molecule has 0 saturated heterocycles. The van der Waals surface area contributed by atoms with Gasteiger partial charge in [-0.25, -0.2) is 4.79 Å². The lowest BCUT2D eigenvalue weighted by Gasteiger charge is -2.14. The molecule has 0 aliphatic carbocycles. The van der Waals surface area contributed by atoms with E-state index in [9.17, 15) is 4.79 Å². The van der Waals surface area contributed by atoms with Gasteiger partial charge in [0.1, 0.15) is 12.4 Å². The molecule has 2 aromatic rings. The zero-order valence-corrected chi connectivity index (χ0v) is 11.8. The molecular formula is C16H18N2O3. The molecule has 0 unspecified atom stereocenters. The number of ether oxygens (including phenoxy) is 1. The van der Waals surface area contributed by atoms with Gasteiger partial charge in [0, 0.05) is 25.0 Å². The van der Waals surface area contributed by atoms with Crippen LogP contribution in [0.25, 0.3) is 0 Å². The zero-order chi connectivity index (χ0) is 15.1. The maximum Gasteiger partial charge on any atom is 0.335 e. The van der Waals surface area contributed by atoms with Crippen LogP contribution in [-0.2, 0) is 0 Å². The third kappa shape index (κ3) is 4.57. The quantitative estimate of drug-likeness (QED) is 0.765. The third-order valence-electron chi connectivity index (χ3n) is 3.09. The monoisotopic (exact) mass is 286 g/mol. The molecule has 1 aromatic carbocycles. The van der Waals surface area contributed by atoms with Crippen molar-refractivity contribution in [1.29, 1.82) is 0 Å².